The van der Waals surface area contributed by atoms with E-state index in [1.165, 1.54) is 0 Å². The van der Waals surface area contributed by atoms with Gasteiger partial charge in [-0.3, -0.25) is 4.98 Å². The van der Waals surface area contributed by atoms with Gasteiger partial charge in [-0.05, 0) is 42.0 Å². The Bertz CT molecular complexity index is 1540. The monoisotopic (exact) mass is 399 g/mol. The molecule has 4 nitrogen and oxygen atoms in total. The summed E-state index contributed by atoms with van der Waals surface area (Å²) in [5.41, 5.74) is 7.71. The van der Waals surface area contributed by atoms with Gasteiger partial charge in [0.1, 0.15) is 17.5 Å². The van der Waals surface area contributed by atoms with Crippen LogP contribution in [0, 0.1) is 0 Å². The molecule has 0 bridgehead atoms. The van der Waals surface area contributed by atoms with E-state index in [0.29, 0.717) is 0 Å². The molecular formula is C27H17N3O. The quantitative estimate of drug-likeness (QED) is 0.329. The van der Waals surface area contributed by atoms with E-state index in [1.807, 2.05) is 48.7 Å². The van der Waals surface area contributed by atoms with Gasteiger partial charge >= 0.3 is 0 Å². The van der Waals surface area contributed by atoms with Gasteiger partial charge in [0.15, 0.2) is 0 Å². The Labute approximate surface area is 178 Å². The van der Waals surface area contributed by atoms with Gasteiger partial charge in [-0.1, -0.05) is 48.5 Å². The molecule has 31 heavy (non-hydrogen) atoms. The second-order valence-electron chi connectivity index (χ2n) is 7.42. The Morgan fingerprint density at radius 3 is 2.19 bits per heavy atom. The average Bonchev–Trinajstić information content (AvgIpc) is 3.23. The lowest BCUT2D eigenvalue weighted by Gasteiger charge is -2.07. The summed E-state index contributed by atoms with van der Waals surface area (Å²) < 4.78 is 6.04. The molecule has 6 rings (SSSR count). The van der Waals surface area contributed by atoms with E-state index in [0.717, 1.165) is 55.6 Å². The van der Waals surface area contributed by atoms with Crippen molar-refractivity contribution < 1.29 is 4.42 Å². The number of aromatic nitrogens is 3. The van der Waals surface area contributed by atoms with E-state index < -0.39 is 0 Å². The second-order valence-corrected chi connectivity index (χ2v) is 7.42. The zero-order valence-corrected chi connectivity index (χ0v) is 16.6. The first-order chi connectivity index (χ1) is 15.3. The summed E-state index contributed by atoms with van der Waals surface area (Å²) in [4.78, 5) is 13.3. The van der Waals surface area contributed by atoms with Crippen LogP contribution in [0.4, 0.5) is 0 Å². The number of benzene rings is 3. The van der Waals surface area contributed by atoms with Crippen LogP contribution in [0.2, 0.25) is 0 Å². The number of rotatable bonds is 3. The molecule has 0 aliphatic carbocycles. The number of furan rings is 1. The lowest BCUT2D eigenvalue weighted by molar-refractivity contribution is 0.669. The number of para-hydroxylation sites is 1. The third-order valence-corrected chi connectivity index (χ3v) is 5.49. The van der Waals surface area contributed by atoms with Crippen molar-refractivity contribution in [3.8, 4) is 33.6 Å². The van der Waals surface area contributed by atoms with Crippen molar-refractivity contribution in [3.05, 3.63) is 104 Å². The molecule has 6 aromatic rings. The van der Waals surface area contributed by atoms with E-state index in [9.17, 15) is 0 Å². The number of pyridine rings is 1. The van der Waals surface area contributed by atoms with Gasteiger partial charge in [0.2, 0.25) is 0 Å². The topological polar surface area (TPSA) is 51.8 Å². The zero-order valence-electron chi connectivity index (χ0n) is 16.6. The average molecular weight is 399 g/mol. The van der Waals surface area contributed by atoms with Gasteiger partial charge in [0.25, 0.3) is 0 Å². The van der Waals surface area contributed by atoms with Crippen LogP contribution in [0.3, 0.4) is 0 Å². The first-order valence-electron chi connectivity index (χ1n) is 10.1. The molecule has 0 amide bonds. The third kappa shape index (κ3) is 3.15. The van der Waals surface area contributed by atoms with E-state index in [2.05, 4.69) is 57.4 Å². The fraction of sp³-hybridized carbons (Fsp3) is 0. The standard InChI is InChI=1S/C27H17N3O/c1-2-9-26-22(8-1)23-11-10-20(14-27(23)31-26)25-15-24(29-17-30-25)19-6-3-5-18(13-19)21-7-4-12-28-16-21/h1-17H. The Balaban J connectivity index is 1.42. The van der Waals surface area contributed by atoms with Crippen molar-refractivity contribution in [1.29, 1.82) is 0 Å². The van der Waals surface area contributed by atoms with Crippen molar-refractivity contribution >= 4 is 21.9 Å². The fourth-order valence-corrected chi connectivity index (χ4v) is 3.95. The van der Waals surface area contributed by atoms with Crippen LogP contribution in [-0.4, -0.2) is 15.0 Å². The Morgan fingerprint density at radius 2 is 1.32 bits per heavy atom. The minimum Gasteiger partial charge on any atom is -0.456 e. The lowest BCUT2D eigenvalue weighted by Crippen LogP contribution is -1.90. The van der Waals surface area contributed by atoms with Crippen LogP contribution < -0.4 is 0 Å². The SMILES string of the molecule is c1cncc(-c2cccc(-c3cc(-c4ccc5c(c4)oc4ccccc45)ncn3)c2)c1. The van der Waals surface area contributed by atoms with Gasteiger partial charge in [-0.15, -0.1) is 0 Å². The van der Waals surface area contributed by atoms with Crippen LogP contribution in [0.15, 0.2) is 108 Å². The third-order valence-electron chi connectivity index (χ3n) is 5.49. The highest BCUT2D eigenvalue weighted by molar-refractivity contribution is 6.05. The predicted molar refractivity (Wildman–Crippen MR) is 123 cm³/mol. The molecule has 0 saturated carbocycles. The minimum atomic E-state index is 0.859. The molecule has 0 aliphatic rings. The van der Waals surface area contributed by atoms with Gasteiger partial charge in [0, 0.05) is 39.9 Å². The molecule has 3 aromatic carbocycles. The maximum Gasteiger partial charge on any atom is 0.136 e. The summed E-state index contributed by atoms with van der Waals surface area (Å²) in [6.07, 6.45) is 5.26. The number of hydrogen-bond donors (Lipinski definition) is 0. The van der Waals surface area contributed by atoms with E-state index in [1.54, 1.807) is 12.5 Å². The highest BCUT2D eigenvalue weighted by Gasteiger charge is 2.10. The Kier molecular flexibility index (Phi) is 4.06. The summed E-state index contributed by atoms with van der Waals surface area (Å²) in [7, 11) is 0. The number of fused-ring (bicyclic) bond motifs is 3. The van der Waals surface area contributed by atoms with E-state index >= 15 is 0 Å². The van der Waals surface area contributed by atoms with Crippen molar-refractivity contribution in [2.24, 2.45) is 0 Å². The van der Waals surface area contributed by atoms with Crippen molar-refractivity contribution in [2.45, 2.75) is 0 Å². The summed E-state index contributed by atoms with van der Waals surface area (Å²) in [5.74, 6) is 0. The van der Waals surface area contributed by atoms with Crippen molar-refractivity contribution in [2.75, 3.05) is 0 Å². The van der Waals surface area contributed by atoms with Crippen LogP contribution in [0.1, 0.15) is 0 Å². The number of nitrogens with zero attached hydrogens (tertiary/aromatic N) is 3. The molecule has 0 spiro atoms. The van der Waals surface area contributed by atoms with E-state index in [4.69, 9.17) is 4.42 Å². The molecule has 4 heteroatoms. The van der Waals surface area contributed by atoms with Gasteiger partial charge < -0.3 is 4.42 Å². The second kappa shape index (κ2) is 7.18. The van der Waals surface area contributed by atoms with E-state index in [-0.39, 0.29) is 0 Å². The van der Waals surface area contributed by atoms with Crippen molar-refractivity contribution in [3.63, 3.8) is 0 Å². The van der Waals surface area contributed by atoms with Crippen LogP contribution in [-0.2, 0) is 0 Å². The smallest absolute Gasteiger partial charge is 0.136 e. The van der Waals surface area contributed by atoms with Crippen LogP contribution in [0.5, 0.6) is 0 Å². The molecule has 0 atom stereocenters. The van der Waals surface area contributed by atoms with Crippen LogP contribution >= 0.6 is 0 Å². The summed E-state index contributed by atoms with van der Waals surface area (Å²) in [6, 6.07) is 28.7. The van der Waals surface area contributed by atoms with Crippen LogP contribution in [0.25, 0.3) is 55.6 Å². The Morgan fingerprint density at radius 1 is 0.548 bits per heavy atom. The maximum absolute atomic E-state index is 6.04. The fourth-order valence-electron chi connectivity index (χ4n) is 3.95. The number of hydrogen-bond acceptors (Lipinski definition) is 4. The summed E-state index contributed by atoms with van der Waals surface area (Å²) >= 11 is 0. The largest absolute Gasteiger partial charge is 0.456 e. The predicted octanol–water partition coefficient (Wildman–Crippen LogP) is 6.77. The molecule has 0 unspecified atom stereocenters. The molecule has 146 valence electrons. The first kappa shape index (κ1) is 17.5. The molecule has 0 aliphatic heterocycles. The zero-order chi connectivity index (χ0) is 20.6. The molecule has 0 N–H and O–H groups in total. The maximum atomic E-state index is 6.04. The normalized spacial score (nSPS) is 11.2. The molecule has 3 heterocycles. The minimum absolute atomic E-state index is 0.859. The molecule has 3 aromatic heterocycles. The molecule has 0 saturated heterocycles. The summed E-state index contributed by atoms with van der Waals surface area (Å²) in [6.45, 7) is 0. The first-order valence-corrected chi connectivity index (χ1v) is 10.1. The molecular weight excluding hydrogens is 382 g/mol. The highest BCUT2D eigenvalue weighted by Crippen LogP contribution is 2.32. The van der Waals surface area contributed by atoms with Gasteiger partial charge in [-0.25, -0.2) is 9.97 Å². The van der Waals surface area contributed by atoms with Gasteiger partial charge in [-0.2, -0.15) is 0 Å². The van der Waals surface area contributed by atoms with Crippen molar-refractivity contribution in [1.82, 2.24) is 15.0 Å². The lowest BCUT2D eigenvalue weighted by atomic mass is 10.0. The highest BCUT2D eigenvalue weighted by atomic mass is 16.3. The molecule has 0 fully saturated rings. The van der Waals surface area contributed by atoms with Gasteiger partial charge in [0.05, 0.1) is 11.4 Å². The summed E-state index contributed by atoms with van der Waals surface area (Å²) in [5, 5.41) is 2.23. The Hall–Kier alpha value is -4.31. The molecule has 0 radical (unpaired) electrons.